The molecule has 0 radical (unpaired) electrons. The molecular weight excluding hydrogens is 274 g/mol. The quantitative estimate of drug-likeness (QED) is 0.365. The summed E-state index contributed by atoms with van der Waals surface area (Å²) >= 11 is 0. The summed E-state index contributed by atoms with van der Waals surface area (Å²) in [6, 6.07) is 10.2. The topological polar surface area (TPSA) is 82.6 Å². The molecule has 21 heavy (non-hydrogen) atoms. The number of nitro groups is 1. The van der Waals surface area contributed by atoms with Gasteiger partial charge in [-0.05, 0) is 24.6 Å². The first-order valence-electron chi connectivity index (χ1n) is 6.19. The van der Waals surface area contributed by atoms with Crippen molar-refractivity contribution in [3.05, 3.63) is 69.5 Å². The predicted molar refractivity (Wildman–Crippen MR) is 75.4 cm³/mol. The van der Waals surface area contributed by atoms with Crippen LogP contribution in [0.15, 0.2) is 46.9 Å². The van der Waals surface area contributed by atoms with Crippen LogP contribution in [0.3, 0.4) is 0 Å². The first kappa shape index (κ1) is 14.5. The molecule has 0 fully saturated rings. The predicted octanol–water partition coefficient (Wildman–Crippen LogP) is 3.25. The highest BCUT2D eigenvalue weighted by Crippen LogP contribution is 2.16. The van der Waals surface area contributed by atoms with Gasteiger partial charge < -0.3 is 9.15 Å². The molecular formula is C15H13NO5. The largest absolute Gasteiger partial charge is 0.458 e. The minimum atomic E-state index is -0.645. The Hall–Kier alpha value is -2.89. The lowest BCUT2D eigenvalue weighted by molar-refractivity contribution is -0.402. The Morgan fingerprint density at radius 3 is 2.86 bits per heavy atom. The number of rotatable bonds is 5. The summed E-state index contributed by atoms with van der Waals surface area (Å²) in [5.74, 6) is -0.701. The van der Waals surface area contributed by atoms with E-state index in [0.717, 1.165) is 11.1 Å². The molecule has 0 saturated heterocycles. The van der Waals surface area contributed by atoms with Crippen LogP contribution < -0.4 is 0 Å². The van der Waals surface area contributed by atoms with Crippen molar-refractivity contribution in [2.75, 3.05) is 0 Å². The fraction of sp³-hybridized carbons (Fsp3) is 0.133. The van der Waals surface area contributed by atoms with E-state index in [4.69, 9.17) is 9.15 Å². The van der Waals surface area contributed by atoms with Crippen LogP contribution in [0, 0.1) is 17.0 Å². The van der Waals surface area contributed by atoms with E-state index in [1.54, 1.807) is 0 Å². The highest BCUT2D eigenvalue weighted by Gasteiger charge is 2.10. The van der Waals surface area contributed by atoms with Crippen LogP contribution in [0.1, 0.15) is 16.9 Å². The summed E-state index contributed by atoms with van der Waals surface area (Å²) in [5.41, 5.74) is 1.98. The molecule has 0 unspecified atom stereocenters. The van der Waals surface area contributed by atoms with Gasteiger partial charge in [0.15, 0.2) is 0 Å². The second kappa shape index (κ2) is 6.51. The molecule has 0 N–H and O–H groups in total. The highest BCUT2D eigenvalue weighted by molar-refractivity contribution is 5.86. The molecule has 1 heterocycles. The van der Waals surface area contributed by atoms with Crippen molar-refractivity contribution in [3.63, 3.8) is 0 Å². The highest BCUT2D eigenvalue weighted by atomic mass is 16.6. The van der Waals surface area contributed by atoms with Gasteiger partial charge in [-0.15, -0.1) is 0 Å². The Bertz CT molecular complexity index is 687. The number of carbonyl (C=O) groups is 1. The van der Waals surface area contributed by atoms with Gasteiger partial charge >= 0.3 is 11.9 Å². The zero-order chi connectivity index (χ0) is 15.2. The van der Waals surface area contributed by atoms with Crippen LogP contribution in [0.25, 0.3) is 6.08 Å². The molecule has 0 bridgehead atoms. The van der Waals surface area contributed by atoms with Crippen molar-refractivity contribution in [3.8, 4) is 0 Å². The summed E-state index contributed by atoms with van der Waals surface area (Å²) in [6.07, 6.45) is 2.49. The van der Waals surface area contributed by atoms with Crippen LogP contribution in [0.2, 0.25) is 0 Å². The number of benzene rings is 1. The van der Waals surface area contributed by atoms with Gasteiger partial charge in [0.1, 0.15) is 17.3 Å². The number of hydrogen-bond acceptors (Lipinski definition) is 5. The molecule has 0 atom stereocenters. The van der Waals surface area contributed by atoms with Crippen molar-refractivity contribution >= 4 is 17.9 Å². The number of hydrogen-bond donors (Lipinski definition) is 0. The van der Waals surface area contributed by atoms with Crippen LogP contribution in [-0.4, -0.2) is 10.9 Å². The molecule has 0 aliphatic rings. The van der Waals surface area contributed by atoms with Crippen LogP contribution in [0.4, 0.5) is 5.88 Å². The fourth-order valence-corrected chi connectivity index (χ4v) is 1.68. The van der Waals surface area contributed by atoms with Gasteiger partial charge in [0.05, 0.1) is 6.07 Å². The van der Waals surface area contributed by atoms with Crippen LogP contribution >= 0.6 is 0 Å². The molecule has 1 aromatic heterocycles. The van der Waals surface area contributed by atoms with Crippen molar-refractivity contribution in [1.29, 1.82) is 0 Å². The first-order valence-corrected chi connectivity index (χ1v) is 6.19. The summed E-state index contributed by atoms with van der Waals surface area (Å²) in [5, 5.41) is 10.4. The van der Waals surface area contributed by atoms with Crippen molar-refractivity contribution in [1.82, 2.24) is 0 Å². The monoisotopic (exact) mass is 287 g/mol. The zero-order valence-electron chi connectivity index (χ0n) is 11.3. The van der Waals surface area contributed by atoms with Gasteiger partial charge in [0, 0.05) is 6.08 Å². The Labute approximate surface area is 120 Å². The second-order valence-electron chi connectivity index (χ2n) is 4.36. The van der Waals surface area contributed by atoms with Gasteiger partial charge in [0.25, 0.3) is 0 Å². The van der Waals surface area contributed by atoms with E-state index < -0.39 is 10.9 Å². The minimum absolute atomic E-state index is 0.170. The molecule has 6 heteroatoms. The first-order chi connectivity index (χ1) is 10.0. The van der Waals surface area contributed by atoms with Crippen LogP contribution in [-0.2, 0) is 16.1 Å². The lowest BCUT2D eigenvalue weighted by Gasteiger charge is -2.02. The van der Waals surface area contributed by atoms with Crippen molar-refractivity contribution in [2.45, 2.75) is 13.5 Å². The second-order valence-corrected chi connectivity index (χ2v) is 4.36. The summed E-state index contributed by atoms with van der Waals surface area (Å²) in [4.78, 5) is 21.3. The SMILES string of the molecule is Cc1cccc(COC(=O)/C=C/c2ccc([N+](=O)[O-])o2)c1. The Balaban J connectivity index is 1.89. The summed E-state index contributed by atoms with van der Waals surface area (Å²) in [7, 11) is 0. The normalized spacial score (nSPS) is 10.7. The summed E-state index contributed by atoms with van der Waals surface area (Å²) < 4.78 is 9.94. The molecule has 0 spiro atoms. The number of esters is 1. The average Bonchev–Trinajstić information content (AvgIpc) is 2.92. The third kappa shape index (κ3) is 4.31. The maximum Gasteiger partial charge on any atom is 0.433 e. The molecule has 0 aliphatic heterocycles. The lowest BCUT2D eigenvalue weighted by atomic mass is 10.1. The van der Waals surface area contributed by atoms with Gasteiger partial charge in [-0.1, -0.05) is 29.8 Å². The van der Waals surface area contributed by atoms with Crippen molar-refractivity contribution in [2.24, 2.45) is 0 Å². The third-order valence-electron chi connectivity index (χ3n) is 2.64. The molecule has 1 aromatic carbocycles. The van der Waals surface area contributed by atoms with E-state index in [-0.39, 0.29) is 18.3 Å². The van der Waals surface area contributed by atoms with Gasteiger partial charge in [-0.25, -0.2) is 4.79 Å². The van der Waals surface area contributed by atoms with E-state index in [9.17, 15) is 14.9 Å². The van der Waals surface area contributed by atoms with E-state index in [2.05, 4.69) is 0 Å². The standard InChI is InChI=1S/C15H13NO5/c1-11-3-2-4-12(9-11)10-20-15(17)8-6-13-5-7-14(21-13)16(18)19/h2-9H,10H2,1H3/b8-6+. The molecule has 2 rings (SSSR count). The molecule has 108 valence electrons. The molecule has 2 aromatic rings. The lowest BCUT2D eigenvalue weighted by Crippen LogP contribution is -2.00. The smallest absolute Gasteiger partial charge is 0.433 e. The van der Waals surface area contributed by atoms with Gasteiger partial charge in [-0.2, -0.15) is 0 Å². The zero-order valence-corrected chi connectivity index (χ0v) is 11.3. The Morgan fingerprint density at radius 1 is 1.38 bits per heavy atom. The number of aryl methyl sites for hydroxylation is 1. The van der Waals surface area contributed by atoms with Crippen molar-refractivity contribution < 1.29 is 18.9 Å². The van der Waals surface area contributed by atoms with E-state index in [1.807, 2.05) is 31.2 Å². The maximum atomic E-state index is 11.5. The number of carbonyl (C=O) groups excluding carboxylic acids is 1. The van der Waals surface area contributed by atoms with E-state index in [0.29, 0.717) is 0 Å². The molecule has 0 aliphatic carbocycles. The summed E-state index contributed by atoms with van der Waals surface area (Å²) in [6.45, 7) is 2.12. The number of nitrogens with zero attached hydrogens (tertiary/aromatic N) is 1. The average molecular weight is 287 g/mol. The third-order valence-corrected chi connectivity index (χ3v) is 2.64. The van der Waals surface area contributed by atoms with E-state index >= 15 is 0 Å². The Morgan fingerprint density at radius 2 is 2.19 bits per heavy atom. The minimum Gasteiger partial charge on any atom is -0.458 e. The van der Waals surface area contributed by atoms with Crippen LogP contribution in [0.5, 0.6) is 0 Å². The fourth-order valence-electron chi connectivity index (χ4n) is 1.68. The maximum absolute atomic E-state index is 11.5. The van der Waals surface area contributed by atoms with E-state index in [1.165, 1.54) is 24.3 Å². The molecule has 0 amide bonds. The number of furan rings is 1. The molecule has 6 nitrogen and oxygen atoms in total. The van der Waals surface area contributed by atoms with Gasteiger partial charge in [-0.3, -0.25) is 10.1 Å². The van der Waals surface area contributed by atoms with Gasteiger partial charge in [0.2, 0.25) is 0 Å². The molecule has 0 saturated carbocycles. The number of ether oxygens (including phenoxy) is 1. The Kier molecular flexibility index (Phi) is 4.50.